The van der Waals surface area contributed by atoms with E-state index < -0.39 is 16.0 Å². The molecule has 1 heterocycles. The molecular formula is C13H17ClN2O4S. The number of ether oxygens (including phenoxy) is 1. The third-order valence-corrected chi connectivity index (χ3v) is 5.65. The zero-order chi connectivity index (χ0) is 15.6. The van der Waals surface area contributed by atoms with E-state index in [-0.39, 0.29) is 21.5 Å². The minimum Gasteiger partial charge on any atom is -0.465 e. The number of esters is 1. The quantitative estimate of drug-likeness (QED) is 0.839. The highest BCUT2D eigenvalue weighted by atomic mass is 35.5. The Morgan fingerprint density at radius 1 is 1.48 bits per heavy atom. The molecule has 0 bridgehead atoms. The molecule has 2 rings (SSSR count). The Balaban J connectivity index is 2.41. The van der Waals surface area contributed by atoms with Crippen molar-refractivity contribution in [3.63, 3.8) is 0 Å². The van der Waals surface area contributed by atoms with E-state index in [1.165, 1.54) is 29.6 Å². The van der Waals surface area contributed by atoms with E-state index in [2.05, 4.69) is 10.1 Å². The van der Waals surface area contributed by atoms with Gasteiger partial charge in [0.1, 0.15) is 4.90 Å². The van der Waals surface area contributed by atoms with Gasteiger partial charge < -0.3 is 10.1 Å². The third-order valence-electron chi connectivity index (χ3n) is 3.30. The summed E-state index contributed by atoms with van der Waals surface area (Å²) >= 11 is 6.01. The van der Waals surface area contributed by atoms with Gasteiger partial charge in [0.05, 0.1) is 17.7 Å². The number of rotatable bonds is 3. The Morgan fingerprint density at radius 2 is 2.19 bits per heavy atom. The number of piperazine rings is 1. The number of sulfonamides is 1. The number of carbonyl (C=O) groups is 1. The predicted octanol–water partition coefficient (Wildman–Crippen LogP) is 1.11. The Morgan fingerprint density at radius 3 is 2.81 bits per heavy atom. The molecule has 8 heteroatoms. The maximum atomic E-state index is 12.7. The number of methoxy groups -OCH3 is 1. The van der Waals surface area contributed by atoms with Crippen LogP contribution in [-0.2, 0) is 14.8 Å². The summed E-state index contributed by atoms with van der Waals surface area (Å²) in [5, 5.41) is 3.27. The summed E-state index contributed by atoms with van der Waals surface area (Å²) in [6.07, 6.45) is 0. The summed E-state index contributed by atoms with van der Waals surface area (Å²) in [4.78, 5) is 11.5. The molecule has 1 fully saturated rings. The number of benzene rings is 1. The number of nitrogens with zero attached hydrogens (tertiary/aromatic N) is 1. The van der Waals surface area contributed by atoms with Crippen molar-refractivity contribution in [3.8, 4) is 0 Å². The van der Waals surface area contributed by atoms with Gasteiger partial charge in [0.2, 0.25) is 10.0 Å². The standard InChI is InChI=1S/C13H17ClN2O4S/c1-9-8-16(6-5-15-9)21(18,19)12-7-10(13(17)20-2)3-4-11(12)14/h3-4,7,9,15H,5-6,8H2,1-2H3/t9-/m1/s1. The van der Waals surface area contributed by atoms with Crippen LogP contribution < -0.4 is 5.32 Å². The highest BCUT2D eigenvalue weighted by molar-refractivity contribution is 7.89. The smallest absolute Gasteiger partial charge is 0.337 e. The lowest BCUT2D eigenvalue weighted by atomic mass is 10.2. The molecule has 0 saturated carbocycles. The van der Waals surface area contributed by atoms with Crippen LogP contribution in [0.15, 0.2) is 23.1 Å². The van der Waals surface area contributed by atoms with E-state index in [1.807, 2.05) is 6.92 Å². The fourth-order valence-corrected chi connectivity index (χ4v) is 4.23. The summed E-state index contributed by atoms with van der Waals surface area (Å²) in [6.45, 7) is 3.22. The van der Waals surface area contributed by atoms with Crippen LogP contribution in [0.4, 0.5) is 0 Å². The zero-order valence-corrected chi connectivity index (χ0v) is 13.4. The van der Waals surface area contributed by atoms with Gasteiger partial charge in [-0.15, -0.1) is 0 Å². The summed E-state index contributed by atoms with van der Waals surface area (Å²) in [6, 6.07) is 4.16. The third kappa shape index (κ3) is 3.37. The molecular weight excluding hydrogens is 316 g/mol. The largest absolute Gasteiger partial charge is 0.465 e. The molecule has 21 heavy (non-hydrogen) atoms. The van der Waals surface area contributed by atoms with Crippen LogP contribution in [0.3, 0.4) is 0 Å². The van der Waals surface area contributed by atoms with Gasteiger partial charge in [0.25, 0.3) is 0 Å². The molecule has 1 aromatic carbocycles. The molecule has 1 aliphatic rings. The average Bonchev–Trinajstić information content (AvgIpc) is 2.46. The Kier molecular flexibility index (Phi) is 4.88. The maximum Gasteiger partial charge on any atom is 0.337 e. The van der Waals surface area contributed by atoms with Crippen molar-refractivity contribution in [2.75, 3.05) is 26.7 Å². The second kappa shape index (κ2) is 6.31. The molecule has 0 aromatic heterocycles. The highest BCUT2D eigenvalue weighted by Crippen LogP contribution is 2.26. The van der Waals surface area contributed by atoms with Gasteiger partial charge in [-0.25, -0.2) is 13.2 Å². The van der Waals surface area contributed by atoms with Crippen molar-refractivity contribution in [3.05, 3.63) is 28.8 Å². The van der Waals surface area contributed by atoms with Crippen LogP contribution in [0.1, 0.15) is 17.3 Å². The molecule has 1 saturated heterocycles. The molecule has 0 aliphatic carbocycles. The van der Waals surface area contributed by atoms with Crippen molar-refractivity contribution in [2.24, 2.45) is 0 Å². The van der Waals surface area contributed by atoms with Crippen LogP contribution in [0.5, 0.6) is 0 Å². The van der Waals surface area contributed by atoms with Crippen LogP contribution in [0, 0.1) is 0 Å². The summed E-state index contributed by atoms with van der Waals surface area (Å²) < 4.78 is 31.3. The van der Waals surface area contributed by atoms with Crippen LogP contribution in [-0.4, -0.2) is 51.5 Å². The van der Waals surface area contributed by atoms with Crippen molar-refractivity contribution >= 4 is 27.6 Å². The number of hydrogen-bond acceptors (Lipinski definition) is 5. The summed E-state index contributed by atoms with van der Waals surface area (Å²) in [5.74, 6) is -0.600. The molecule has 0 radical (unpaired) electrons. The fraction of sp³-hybridized carbons (Fsp3) is 0.462. The van der Waals surface area contributed by atoms with Crippen LogP contribution in [0.2, 0.25) is 5.02 Å². The molecule has 1 atom stereocenters. The SMILES string of the molecule is COC(=O)c1ccc(Cl)c(S(=O)(=O)N2CCN[C@H](C)C2)c1. The van der Waals surface area contributed by atoms with E-state index in [0.717, 1.165) is 0 Å². The molecule has 116 valence electrons. The van der Waals surface area contributed by atoms with E-state index >= 15 is 0 Å². The van der Waals surface area contributed by atoms with E-state index in [1.54, 1.807) is 0 Å². The molecule has 1 aromatic rings. The van der Waals surface area contributed by atoms with Crippen molar-refractivity contribution in [2.45, 2.75) is 17.9 Å². The number of halogens is 1. The molecule has 1 aliphatic heterocycles. The number of hydrogen-bond donors (Lipinski definition) is 1. The maximum absolute atomic E-state index is 12.7. The monoisotopic (exact) mass is 332 g/mol. The van der Waals surface area contributed by atoms with Crippen LogP contribution >= 0.6 is 11.6 Å². The topological polar surface area (TPSA) is 75.7 Å². The van der Waals surface area contributed by atoms with Gasteiger partial charge in [-0.2, -0.15) is 4.31 Å². The molecule has 0 spiro atoms. The lowest BCUT2D eigenvalue weighted by Crippen LogP contribution is -2.51. The van der Waals surface area contributed by atoms with Gasteiger partial charge in [0.15, 0.2) is 0 Å². The molecule has 0 amide bonds. The lowest BCUT2D eigenvalue weighted by molar-refractivity contribution is 0.0600. The summed E-state index contributed by atoms with van der Waals surface area (Å²) in [5.41, 5.74) is 0.156. The highest BCUT2D eigenvalue weighted by Gasteiger charge is 2.30. The first kappa shape index (κ1) is 16.2. The summed E-state index contributed by atoms with van der Waals surface area (Å²) in [7, 11) is -2.50. The van der Waals surface area contributed by atoms with E-state index in [0.29, 0.717) is 19.6 Å². The second-order valence-electron chi connectivity index (χ2n) is 4.86. The average molecular weight is 333 g/mol. The predicted molar refractivity (Wildman–Crippen MR) is 79.0 cm³/mol. The van der Waals surface area contributed by atoms with Gasteiger partial charge in [-0.3, -0.25) is 0 Å². The van der Waals surface area contributed by atoms with Gasteiger partial charge in [-0.1, -0.05) is 11.6 Å². The minimum atomic E-state index is -3.74. The van der Waals surface area contributed by atoms with E-state index in [9.17, 15) is 13.2 Å². The lowest BCUT2D eigenvalue weighted by Gasteiger charge is -2.31. The van der Waals surface area contributed by atoms with Crippen molar-refractivity contribution in [1.29, 1.82) is 0 Å². The van der Waals surface area contributed by atoms with Crippen LogP contribution in [0.25, 0.3) is 0 Å². The minimum absolute atomic E-state index is 0.0658. The van der Waals surface area contributed by atoms with Gasteiger partial charge in [0, 0.05) is 25.7 Å². The fourth-order valence-electron chi connectivity index (χ4n) is 2.20. The second-order valence-corrected chi connectivity index (χ2v) is 7.17. The first-order valence-electron chi connectivity index (χ1n) is 6.47. The Labute approximate surface area is 129 Å². The normalized spacial score (nSPS) is 20.2. The number of carbonyl (C=O) groups excluding carboxylic acids is 1. The number of nitrogens with one attached hydrogen (secondary N) is 1. The first-order chi connectivity index (χ1) is 9.86. The Hall–Kier alpha value is -1.15. The van der Waals surface area contributed by atoms with Crippen molar-refractivity contribution < 1.29 is 17.9 Å². The van der Waals surface area contributed by atoms with Gasteiger partial charge >= 0.3 is 5.97 Å². The van der Waals surface area contributed by atoms with Crippen molar-refractivity contribution in [1.82, 2.24) is 9.62 Å². The first-order valence-corrected chi connectivity index (χ1v) is 8.29. The van der Waals surface area contributed by atoms with E-state index in [4.69, 9.17) is 11.6 Å². The molecule has 1 N–H and O–H groups in total. The molecule has 6 nitrogen and oxygen atoms in total. The van der Waals surface area contributed by atoms with Gasteiger partial charge in [-0.05, 0) is 25.1 Å². The molecule has 0 unspecified atom stereocenters. The Bertz CT molecular complexity index is 648. The zero-order valence-electron chi connectivity index (χ0n) is 11.8.